The minimum absolute atomic E-state index is 0.144. The molecule has 0 radical (unpaired) electrons. The second kappa shape index (κ2) is 7.58. The first-order valence-corrected chi connectivity index (χ1v) is 6.98. The molecule has 0 spiro atoms. The fourth-order valence-corrected chi connectivity index (χ4v) is 1.93. The number of hydrogen-bond donors (Lipinski definition) is 1. The van der Waals surface area contributed by atoms with E-state index < -0.39 is 12.5 Å². The summed E-state index contributed by atoms with van der Waals surface area (Å²) in [6, 6.07) is 7.55. The van der Waals surface area contributed by atoms with Gasteiger partial charge in [-0.15, -0.1) is 0 Å². The van der Waals surface area contributed by atoms with E-state index in [0.29, 0.717) is 17.1 Å². The lowest BCUT2D eigenvalue weighted by Gasteiger charge is -2.13. The van der Waals surface area contributed by atoms with Gasteiger partial charge in [0.2, 0.25) is 0 Å². The van der Waals surface area contributed by atoms with Crippen molar-refractivity contribution in [2.24, 2.45) is 0 Å². The molecule has 0 unspecified atom stereocenters. The van der Waals surface area contributed by atoms with Crippen LogP contribution in [0.5, 0.6) is 11.5 Å². The molecule has 1 aromatic carbocycles. The van der Waals surface area contributed by atoms with E-state index in [1.54, 1.807) is 17.0 Å². The first-order valence-electron chi connectivity index (χ1n) is 6.98. The Kier molecular flexibility index (Phi) is 5.51. The third-order valence-electron chi connectivity index (χ3n) is 3.11. The van der Waals surface area contributed by atoms with Crippen molar-refractivity contribution in [1.82, 2.24) is 4.98 Å². The lowest BCUT2D eigenvalue weighted by Crippen LogP contribution is -2.14. The highest BCUT2D eigenvalue weighted by atomic mass is 19.3. The fourth-order valence-electron chi connectivity index (χ4n) is 1.93. The van der Waals surface area contributed by atoms with Gasteiger partial charge in [0.05, 0.1) is 12.7 Å². The number of rotatable bonds is 6. The Morgan fingerprint density at radius 2 is 1.96 bits per heavy atom. The molecular formula is C16H17F2N3O3. The van der Waals surface area contributed by atoms with Crippen LogP contribution < -0.4 is 19.7 Å². The van der Waals surface area contributed by atoms with E-state index in [2.05, 4.69) is 15.0 Å². The van der Waals surface area contributed by atoms with E-state index >= 15 is 0 Å². The second-order valence-corrected chi connectivity index (χ2v) is 5.00. The maximum Gasteiger partial charge on any atom is 0.387 e. The van der Waals surface area contributed by atoms with Crippen molar-refractivity contribution in [3.8, 4) is 11.5 Å². The van der Waals surface area contributed by atoms with E-state index in [1.165, 1.54) is 31.5 Å². The van der Waals surface area contributed by atoms with Crippen LogP contribution in [0.2, 0.25) is 0 Å². The zero-order chi connectivity index (χ0) is 17.7. The average Bonchev–Trinajstić information content (AvgIpc) is 2.54. The number of alkyl halides is 2. The summed E-state index contributed by atoms with van der Waals surface area (Å²) in [6.07, 6.45) is 1.44. The zero-order valence-corrected chi connectivity index (χ0v) is 13.4. The molecule has 2 rings (SSSR count). The molecule has 1 aromatic heterocycles. The number of aromatic nitrogens is 1. The number of anilines is 2. The fraction of sp³-hybridized carbons (Fsp3) is 0.250. The number of nitrogens with zero attached hydrogens (tertiary/aromatic N) is 2. The minimum Gasteiger partial charge on any atom is -0.493 e. The number of carbonyl (C=O) groups excluding carboxylic acids is 1. The molecule has 0 atom stereocenters. The van der Waals surface area contributed by atoms with Crippen molar-refractivity contribution in [2.75, 3.05) is 31.4 Å². The van der Waals surface area contributed by atoms with Gasteiger partial charge in [-0.2, -0.15) is 8.78 Å². The summed E-state index contributed by atoms with van der Waals surface area (Å²) in [5.41, 5.74) is 0.640. The molecular weight excluding hydrogens is 320 g/mol. The second-order valence-electron chi connectivity index (χ2n) is 5.00. The van der Waals surface area contributed by atoms with Gasteiger partial charge in [-0.3, -0.25) is 4.79 Å². The highest BCUT2D eigenvalue weighted by Crippen LogP contribution is 2.31. The Balaban J connectivity index is 2.16. The van der Waals surface area contributed by atoms with Gasteiger partial charge in [0, 0.05) is 32.0 Å². The summed E-state index contributed by atoms with van der Waals surface area (Å²) >= 11 is 0. The molecule has 0 bridgehead atoms. The Morgan fingerprint density at radius 3 is 2.50 bits per heavy atom. The number of methoxy groups -OCH3 is 1. The standard InChI is InChI=1S/C16H17F2N3O3/c1-21(2)14-7-4-10(9-19-14)15(22)20-11-5-6-12(23-3)13(8-11)24-16(17)18/h4-9,16H,1-3H3,(H,20,22). The lowest BCUT2D eigenvalue weighted by molar-refractivity contribution is -0.0511. The molecule has 0 saturated heterocycles. The Labute approximate surface area is 138 Å². The lowest BCUT2D eigenvalue weighted by atomic mass is 10.2. The normalized spacial score (nSPS) is 10.4. The van der Waals surface area contributed by atoms with Crippen LogP contribution in [-0.2, 0) is 0 Å². The quantitative estimate of drug-likeness (QED) is 0.878. The molecule has 1 amide bonds. The maximum atomic E-state index is 12.4. The van der Waals surface area contributed by atoms with Crippen LogP contribution in [0.1, 0.15) is 10.4 Å². The summed E-state index contributed by atoms with van der Waals surface area (Å²) in [5, 5.41) is 2.60. The predicted molar refractivity (Wildman–Crippen MR) is 86.1 cm³/mol. The topological polar surface area (TPSA) is 63.7 Å². The van der Waals surface area contributed by atoms with Crippen LogP contribution in [-0.4, -0.2) is 38.7 Å². The number of hydrogen-bond acceptors (Lipinski definition) is 5. The average molecular weight is 337 g/mol. The maximum absolute atomic E-state index is 12.4. The summed E-state index contributed by atoms with van der Waals surface area (Å²) in [4.78, 5) is 18.1. The van der Waals surface area contributed by atoms with Gasteiger partial charge >= 0.3 is 6.61 Å². The smallest absolute Gasteiger partial charge is 0.387 e. The molecule has 8 heteroatoms. The van der Waals surface area contributed by atoms with Crippen LogP contribution in [0.15, 0.2) is 36.5 Å². The molecule has 0 aliphatic rings. The van der Waals surface area contributed by atoms with Gasteiger partial charge in [0.1, 0.15) is 5.82 Å². The summed E-state index contributed by atoms with van der Waals surface area (Å²) < 4.78 is 34.2. The predicted octanol–water partition coefficient (Wildman–Crippen LogP) is 3.01. The molecule has 128 valence electrons. The SMILES string of the molecule is COc1ccc(NC(=O)c2ccc(N(C)C)nc2)cc1OC(F)F. The third-order valence-corrected chi connectivity index (χ3v) is 3.11. The molecule has 1 heterocycles. The van der Waals surface area contributed by atoms with Crippen LogP contribution in [0.4, 0.5) is 20.3 Å². The molecule has 6 nitrogen and oxygen atoms in total. The van der Waals surface area contributed by atoms with E-state index in [1.807, 2.05) is 14.1 Å². The minimum atomic E-state index is -2.99. The van der Waals surface area contributed by atoms with E-state index in [-0.39, 0.29) is 11.5 Å². The van der Waals surface area contributed by atoms with Gasteiger partial charge in [-0.05, 0) is 24.3 Å². The van der Waals surface area contributed by atoms with Gasteiger partial charge in [0.25, 0.3) is 5.91 Å². The van der Waals surface area contributed by atoms with Crippen LogP contribution in [0.25, 0.3) is 0 Å². The van der Waals surface area contributed by atoms with Crippen molar-refractivity contribution in [3.63, 3.8) is 0 Å². The molecule has 0 fully saturated rings. The number of halogens is 2. The monoisotopic (exact) mass is 337 g/mol. The number of benzene rings is 1. The van der Waals surface area contributed by atoms with Gasteiger partial charge in [-0.25, -0.2) is 4.98 Å². The van der Waals surface area contributed by atoms with Gasteiger partial charge < -0.3 is 19.7 Å². The number of amides is 1. The molecule has 0 aliphatic heterocycles. The van der Waals surface area contributed by atoms with Crippen molar-refractivity contribution in [3.05, 3.63) is 42.1 Å². The van der Waals surface area contributed by atoms with Crippen LogP contribution >= 0.6 is 0 Å². The van der Waals surface area contributed by atoms with E-state index in [4.69, 9.17) is 4.74 Å². The first-order chi connectivity index (χ1) is 11.4. The number of nitrogens with one attached hydrogen (secondary N) is 1. The largest absolute Gasteiger partial charge is 0.493 e. The molecule has 0 saturated carbocycles. The van der Waals surface area contributed by atoms with Crippen LogP contribution in [0, 0.1) is 0 Å². The third kappa shape index (κ3) is 4.31. The summed E-state index contributed by atoms with van der Waals surface area (Å²) in [7, 11) is 5.01. The molecule has 1 N–H and O–H groups in total. The first kappa shape index (κ1) is 17.5. The van der Waals surface area contributed by atoms with Gasteiger partial charge in [-0.1, -0.05) is 0 Å². The summed E-state index contributed by atoms with van der Waals surface area (Å²) in [6.45, 7) is -2.99. The van der Waals surface area contributed by atoms with Crippen molar-refractivity contribution >= 4 is 17.4 Å². The van der Waals surface area contributed by atoms with Crippen molar-refractivity contribution < 1.29 is 23.0 Å². The molecule has 24 heavy (non-hydrogen) atoms. The Hall–Kier alpha value is -2.90. The van der Waals surface area contributed by atoms with E-state index in [9.17, 15) is 13.6 Å². The van der Waals surface area contributed by atoms with E-state index in [0.717, 1.165) is 0 Å². The van der Waals surface area contributed by atoms with Crippen molar-refractivity contribution in [1.29, 1.82) is 0 Å². The zero-order valence-electron chi connectivity index (χ0n) is 13.4. The summed E-state index contributed by atoms with van der Waals surface area (Å²) in [5.74, 6) is 0.279. The number of pyridine rings is 1. The number of carbonyl (C=O) groups is 1. The Morgan fingerprint density at radius 1 is 1.21 bits per heavy atom. The van der Waals surface area contributed by atoms with Crippen molar-refractivity contribution in [2.45, 2.75) is 6.61 Å². The molecule has 2 aromatic rings. The van der Waals surface area contributed by atoms with Gasteiger partial charge in [0.15, 0.2) is 11.5 Å². The highest BCUT2D eigenvalue weighted by molar-refractivity contribution is 6.04. The van der Waals surface area contributed by atoms with Crippen LogP contribution in [0.3, 0.4) is 0 Å². The highest BCUT2D eigenvalue weighted by Gasteiger charge is 2.13. The number of ether oxygens (including phenoxy) is 2. The Bertz CT molecular complexity index is 706. The molecule has 0 aliphatic carbocycles.